The summed E-state index contributed by atoms with van der Waals surface area (Å²) in [5, 5.41) is 6.06. The molecule has 0 aliphatic carbocycles. The number of carbonyl (C=O) groups excluding carboxylic acids is 3. The molecule has 10 nitrogen and oxygen atoms in total. The highest BCUT2D eigenvalue weighted by atomic mass is 32.1. The van der Waals surface area contributed by atoms with Crippen LogP contribution in [0.3, 0.4) is 0 Å². The second kappa shape index (κ2) is 12.2. The van der Waals surface area contributed by atoms with E-state index in [2.05, 4.69) is 20.6 Å². The number of aromatic nitrogens is 3. The average Bonchev–Trinajstić information content (AvgIpc) is 3.37. The van der Waals surface area contributed by atoms with Crippen LogP contribution in [0.25, 0.3) is 10.7 Å². The normalized spacial score (nSPS) is 12.2. The molecule has 0 bridgehead atoms. The van der Waals surface area contributed by atoms with Gasteiger partial charge < -0.3 is 10.1 Å². The molecule has 39 heavy (non-hydrogen) atoms. The van der Waals surface area contributed by atoms with Gasteiger partial charge in [0.25, 0.3) is 11.3 Å². The highest BCUT2D eigenvalue weighted by Crippen LogP contribution is 2.23. The van der Waals surface area contributed by atoms with Crippen LogP contribution in [-0.2, 0) is 27.5 Å². The number of halogens is 3. The third-order valence-electron chi connectivity index (χ3n) is 5.38. The van der Waals surface area contributed by atoms with E-state index in [0.29, 0.717) is 10.4 Å². The van der Waals surface area contributed by atoms with Gasteiger partial charge in [-0.25, -0.2) is 9.78 Å². The SMILES string of the molecule is Cc1cc(COC(=O)Nc2cnc(-c3cccs3)n(CC(=O)NC(C(=O)C(F)(F)F)C(C)C)c2=O)cc(C)n1. The summed E-state index contributed by atoms with van der Waals surface area (Å²) in [5.41, 5.74) is 0.991. The first kappa shape index (κ1) is 29.5. The fraction of sp³-hybridized carbons (Fsp3) is 0.360. The Hall–Kier alpha value is -4.07. The first-order chi connectivity index (χ1) is 18.3. The topological polar surface area (TPSA) is 132 Å². The zero-order valence-electron chi connectivity index (χ0n) is 21.5. The predicted molar refractivity (Wildman–Crippen MR) is 137 cm³/mol. The first-order valence-corrected chi connectivity index (χ1v) is 12.6. The number of hydrogen-bond acceptors (Lipinski definition) is 8. The van der Waals surface area contributed by atoms with Gasteiger partial charge in [0.05, 0.1) is 17.1 Å². The molecular weight excluding hydrogens is 539 g/mol. The molecule has 2 N–H and O–H groups in total. The van der Waals surface area contributed by atoms with Crippen LogP contribution in [0.4, 0.5) is 23.7 Å². The summed E-state index contributed by atoms with van der Waals surface area (Å²) in [5.74, 6) is -3.94. The molecule has 0 radical (unpaired) electrons. The van der Waals surface area contributed by atoms with E-state index in [-0.39, 0.29) is 18.1 Å². The number of carbonyl (C=O) groups is 3. The molecular formula is C25H26F3N5O5S. The monoisotopic (exact) mass is 565 g/mol. The number of nitrogens with one attached hydrogen (secondary N) is 2. The molecule has 14 heteroatoms. The molecule has 1 atom stereocenters. The molecule has 3 heterocycles. The molecule has 2 amide bonds. The maximum absolute atomic E-state index is 13.3. The number of nitrogens with zero attached hydrogens (tertiary/aromatic N) is 3. The molecule has 0 spiro atoms. The largest absolute Gasteiger partial charge is 0.452 e. The second-order valence-electron chi connectivity index (χ2n) is 8.97. The smallest absolute Gasteiger partial charge is 0.444 e. The Balaban J connectivity index is 1.83. The summed E-state index contributed by atoms with van der Waals surface area (Å²) in [4.78, 5) is 59.1. The predicted octanol–water partition coefficient (Wildman–Crippen LogP) is 4.00. The molecule has 3 aromatic rings. The van der Waals surface area contributed by atoms with Crippen molar-refractivity contribution < 1.29 is 32.3 Å². The molecule has 208 valence electrons. The van der Waals surface area contributed by atoms with Crippen LogP contribution in [-0.4, -0.2) is 44.5 Å². The summed E-state index contributed by atoms with van der Waals surface area (Å²) in [6.07, 6.45) is -5.02. The van der Waals surface area contributed by atoms with Crippen molar-refractivity contribution in [2.45, 2.75) is 53.1 Å². The molecule has 0 aromatic carbocycles. The van der Waals surface area contributed by atoms with Crippen molar-refractivity contribution in [1.29, 1.82) is 0 Å². The highest BCUT2D eigenvalue weighted by molar-refractivity contribution is 7.13. The quantitative estimate of drug-likeness (QED) is 0.401. The molecule has 0 aliphatic heterocycles. The minimum atomic E-state index is -5.15. The maximum atomic E-state index is 13.3. The van der Waals surface area contributed by atoms with Crippen molar-refractivity contribution in [2.24, 2.45) is 5.92 Å². The van der Waals surface area contributed by atoms with Crippen LogP contribution in [0.1, 0.15) is 30.8 Å². The number of ether oxygens (including phenoxy) is 1. The Bertz CT molecular complexity index is 1400. The highest BCUT2D eigenvalue weighted by Gasteiger charge is 2.45. The number of aryl methyl sites for hydroxylation is 2. The lowest BCUT2D eigenvalue weighted by Gasteiger charge is -2.22. The lowest BCUT2D eigenvalue weighted by Crippen LogP contribution is -2.51. The van der Waals surface area contributed by atoms with Crippen LogP contribution in [0.15, 0.2) is 40.6 Å². The zero-order chi connectivity index (χ0) is 28.9. The van der Waals surface area contributed by atoms with Gasteiger partial charge in [-0.1, -0.05) is 19.9 Å². The van der Waals surface area contributed by atoms with Crippen LogP contribution in [0.2, 0.25) is 0 Å². The summed E-state index contributed by atoms with van der Waals surface area (Å²) < 4.78 is 45.1. The summed E-state index contributed by atoms with van der Waals surface area (Å²) in [7, 11) is 0. The number of pyridine rings is 1. The molecule has 0 fully saturated rings. The molecule has 0 saturated carbocycles. The van der Waals surface area contributed by atoms with E-state index >= 15 is 0 Å². The van der Waals surface area contributed by atoms with Gasteiger partial charge in [0.1, 0.15) is 18.8 Å². The van der Waals surface area contributed by atoms with Gasteiger partial charge in [-0.3, -0.25) is 29.3 Å². The fourth-order valence-corrected chi connectivity index (χ4v) is 4.43. The number of alkyl halides is 3. The molecule has 1 unspecified atom stereocenters. The number of rotatable bonds is 9. The van der Waals surface area contributed by atoms with Gasteiger partial charge in [0, 0.05) is 11.4 Å². The zero-order valence-corrected chi connectivity index (χ0v) is 22.3. The number of thiophene rings is 1. The first-order valence-electron chi connectivity index (χ1n) is 11.7. The Morgan fingerprint density at radius 2 is 1.82 bits per heavy atom. The number of amides is 2. The van der Waals surface area contributed by atoms with E-state index in [0.717, 1.165) is 22.2 Å². The van der Waals surface area contributed by atoms with Crippen molar-refractivity contribution >= 4 is 34.8 Å². The van der Waals surface area contributed by atoms with Gasteiger partial charge in [-0.2, -0.15) is 13.2 Å². The van der Waals surface area contributed by atoms with Gasteiger partial charge in [-0.05, 0) is 48.9 Å². The van der Waals surface area contributed by atoms with Crippen molar-refractivity contribution in [2.75, 3.05) is 5.32 Å². The summed E-state index contributed by atoms with van der Waals surface area (Å²) >= 11 is 1.21. The van der Waals surface area contributed by atoms with E-state index in [1.165, 1.54) is 25.2 Å². The van der Waals surface area contributed by atoms with Crippen molar-refractivity contribution in [3.8, 4) is 10.7 Å². The lowest BCUT2D eigenvalue weighted by molar-refractivity contribution is -0.174. The molecule has 0 aliphatic rings. The minimum Gasteiger partial charge on any atom is -0.444 e. The lowest BCUT2D eigenvalue weighted by atomic mass is 9.99. The fourth-order valence-electron chi connectivity index (χ4n) is 3.70. The Labute approximate surface area is 225 Å². The Kier molecular flexibility index (Phi) is 9.22. The summed E-state index contributed by atoms with van der Waals surface area (Å²) in [6.45, 7) is 5.43. The number of Topliss-reactive ketones (excluding diaryl/α,β-unsaturated/α-hetero) is 1. The van der Waals surface area contributed by atoms with Crippen molar-refractivity contribution in [1.82, 2.24) is 19.9 Å². The summed E-state index contributed by atoms with van der Waals surface area (Å²) in [6, 6.07) is 4.93. The minimum absolute atomic E-state index is 0.0510. The number of hydrogen-bond donors (Lipinski definition) is 2. The van der Waals surface area contributed by atoms with Gasteiger partial charge >= 0.3 is 12.3 Å². The standard InChI is InChI=1S/C25H26F3N5O5S/c1-13(2)20(21(35)25(26,27)28)32-19(34)11-33-22(18-6-5-7-39-18)29-10-17(23(33)36)31-24(37)38-12-16-8-14(3)30-15(4)9-16/h5-10,13,20H,11-12H2,1-4H3,(H,31,37)(H,32,34). The molecule has 3 aromatic heterocycles. The van der Waals surface area contributed by atoms with Gasteiger partial charge in [0.2, 0.25) is 5.91 Å². The van der Waals surface area contributed by atoms with E-state index in [1.54, 1.807) is 43.5 Å². The van der Waals surface area contributed by atoms with E-state index in [9.17, 15) is 32.3 Å². The van der Waals surface area contributed by atoms with Crippen LogP contribution in [0.5, 0.6) is 0 Å². The van der Waals surface area contributed by atoms with Gasteiger partial charge in [0.15, 0.2) is 5.82 Å². The second-order valence-corrected chi connectivity index (χ2v) is 9.92. The van der Waals surface area contributed by atoms with Crippen LogP contribution < -0.4 is 16.2 Å². The van der Waals surface area contributed by atoms with Crippen molar-refractivity contribution in [3.63, 3.8) is 0 Å². The third-order valence-corrected chi connectivity index (χ3v) is 6.25. The average molecular weight is 566 g/mol. The van der Waals surface area contributed by atoms with Crippen LogP contribution >= 0.6 is 11.3 Å². The van der Waals surface area contributed by atoms with Gasteiger partial charge in [-0.15, -0.1) is 11.3 Å². The number of anilines is 1. The van der Waals surface area contributed by atoms with E-state index in [1.807, 2.05) is 0 Å². The maximum Gasteiger partial charge on any atom is 0.452 e. The number of ketones is 1. The third kappa shape index (κ3) is 7.72. The molecule has 0 saturated heterocycles. The van der Waals surface area contributed by atoms with E-state index < -0.39 is 48.0 Å². The van der Waals surface area contributed by atoms with E-state index in [4.69, 9.17) is 4.74 Å². The Morgan fingerprint density at radius 1 is 1.15 bits per heavy atom. The van der Waals surface area contributed by atoms with Crippen molar-refractivity contribution in [3.05, 3.63) is 63.1 Å². The Morgan fingerprint density at radius 3 is 2.38 bits per heavy atom. The van der Waals surface area contributed by atoms with Crippen LogP contribution in [0, 0.1) is 19.8 Å². The molecule has 3 rings (SSSR count).